The number of nitrogens with one attached hydrogen (secondary N) is 1. The summed E-state index contributed by atoms with van der Waals surface area (Å²) in [5.74, 6) is 0.740. The van der Waals surface area contributed by atoms with E-state index in [-0.39, 0.29) is 23.6 Å². The minimum Gasteiger partial charge on any atom is -0.493 e. The zero-order valence-electron chi connectivity index (χ0n) is 18.7. The first-order valence-electron chi connectivity index (χ1n) is 11.4. The molecular weight excluding hydrogens is 408 g/mol. The van der Waals surface area contributed by atoms with Gasteiger partial charge in [-0.05, 0) is 25.0 Å². The molecule has 1 atom stereocenters. The Labute approximate surface area is 190 Å². The highest BCUT2D eigenvalue weighted by atomic mass is 16.5. The minimum absolute atomic E-state index is 0.0256. The number of benzene rings is 1. The summed E-state index contributed by atoms with van der Waals surface area (Å²) in [4.78, 5) is 43.3. The zero-order chi connectivity index (χ0) is 22.8. The molecule has 3 amide bonds. The van der Waals surface area contributed by atoms with Crippen LogP contribution in [0.5, 0.6) is 5.75 Å². The van der Waals surface area contributed by atoms with E-state index in [0.29, 0.717) is 65.4 Å². The average molecular weight is 443 g/mol. The molecule has 2 aliphatic rings. The number of amides is 3. The molecule has 1 N–H and O–H groups in total. The summed E-state index contributed by atoms with van der Waals surface area (Å²) in [7, 11) is 0. The molecule has 174 valence electrons. The van der Waals surface area contributed by atoms with Crippen LogP contribution in [0, 0.1) is 5.92 Å². The summed E-state index contributed by atoms with van der Waals surface area (Å²) in [6, 6.07) is 9.45. The highest BCUT2D eigenvalue weighted by Gasteiger charge is 2.32. The highest BCUT2D eigenvalue weighted by molar-refractivity contribution is 5.82. The monoisotopic (exact) mass is 442 g/mol. The summed E-state index contributed by atoms with van der Waals surface area (Å²) >= 11 is 0. The van der Waals surface area contributed by atoms with Gasteiger partial charge in [0.2, 0.25) is 17.7 Å². The van der Waals surface area contributed by atoms with Gasteiger partial charge < -0.3 is 19.9 Å². The van der Waals surface area contributed by atoms with Crippen LogP contribution in [-0.2, 0) is 14.4 Å². The van der Waals surface area contributed by atoms with Gasteiger partial charge in [0.25, 0.3) is 0 Å². The number of rotatable bonds is 9. The van der Waals surface area contributed by atoms with Gasteiger partial charge in [0.15, 0.2) is 0 Å². The molecule has 3 rings (SSSR count). The first kappa shape index (κ1) is 23.8. The molecule has 0 aromatic heterocycles. The number of nitrogens with zero attached hydrogens (tertiary/aromatic N) is 3. The van der Waals surface area contributed by atoms with Crippen molar-refractivity contribution in [3.63, 3.8) is 0 Å². The van der Waals surface area contributed by atoms with Crippen LogP contribution < -0.4 is 10.1 Å². The number of ether oxygens (including phenoxy) is 1. The van der Waals surface area contributed by atoms with Gasteiger partial charge in [0.1, 0.15) is 5.75 Å². The molecular formula is C24H34N4O4. The molecule has 8 nitrogen and oxygen atoms in total. The van der Waals surface area contributed by atoms with E-state index >= 15 is 0 Å². The number of likely N-dealkylation sites (tertiary alicyclic amines) is 1. The van der Waals surface area contributed by atoms with Crippen molar-refractivity contribution in [2.75, 3.05) is 59.0 Å². The van der Waals surface area contributed by atoms with Crippen LogP contribution in [0.15, 0.2) is 43.0 Å². The van der Waals surface area contributed by atoms with Crippen LogP contribution in [0.3, 0.4) is 0 Å². The lowest BCUT2D eigenvalue weighted by Crippen LogP contribution is -2.54. The number of carbonyl (C=O) groups excluding carboxylic acids is 3. The smallest absolute Gasteiger partial charge is 0.234 e. The Morgan fingerprint density at radius 1 is 1.06 bits per heavy atom. The van der Waals surface area contributed by atoms with Crippen LogP contribution in [0.1, 0.15) is 19.3 Å². The molecule has 0 bridgehead atoms. The van der Waals surface area contributed by atoms with E-state index in [1.807, 2.05) is 35.2 Å². The summed E-state index contributed by atoms with van der Waals surface area (Å²) in [5, 5.41) is 2.78. The third kappa shape index (κ3) is 7.09. The fourth-order valence-corrected chi connectivity index (χ4v) is 4.17. The minimum atomic E-state index is -0.148. The van der Waals surface area contributed by atoms with E-state index in [2.05, 4.69) is 16.8 Å². The maximum Gasteiger partial charge on any atom is 0.234 e. The number of piperidine rings is 1. The van der Waals surface area contributed by atoms with Gasteiger partial charge in [-0.3, -0.25) is 19.3 Å². The van der Waals surface area contributed by atoms with Crippen LogP contribution in [0.4, 0.5) is 0 Å². The normalized spacial score (nSPS) is 19.3. The van der Waals surface area contributed by atoms with Crippen molar-refractivity contribution >= 4 is 17.7 Å². The second-order valence-electron chi connectivity index (χ2n) is 8.28. The van der Waals surface area contributed by atoms with E-state index in [1.54, 1.807) is 11.0 Å². The first-order chi connectivity index (χ1) is 15.6. The van der Waals surface area contributed by atoms with Crippen LogP contribution in [-0.4, -0.2) is 91.4 Å². The van der Waals surface area contributed by atoms with E-state index < -0.39 is 0 Å². The molecule has 2 aliphatic heterocycles. The van der Waals surface area contributed by atoms with Crippen molar-refractivity contribution in [3.8, 4) is 5.75 Å². The third-order valence-electron chi connectivity index (χ3n) is 5.95. The van der Waals surface area contributed by atoms with Gasteiger partial charge >= 0.3 is 0 Å². The largest absolute Gasteiger partial charge is 0.493 e. The SMILES string of the molecule is C=CCNC(=O)CN1CCN(C(=O)C2CCCN(C(=O)CCOc3ccccc3)C2)CC1. The predicted molar refractivity (Wildman–Crippen MR) is 122 cm³/mol. The molecule has 1 unspecified atom stereocenters. The van der Waals surface area contributed by atoms with Gasteiger partial charge in [-0.15, -0.1) is 6.58 Å². The van der Waals surface area contributed by atoms with Crippen molar-refractivity contribution in [1.29, 1.82) is 0 Å². The van der Waals surface area contributed by atoms with Crippen LogP contribution in [0.25, 0.3) is 0 Å². The van der Waals surface area contributed by atoms with Crippen molar-refractivity contribution in [3.05, 3.63) is 43.0 Å². The summed E-state index contributed by atoms with van der Waals surface area (Å²) in [6.45, 7) is 8.49. The first-order valence-corrected chi connectivity index (χ1v) is 11.4. The van der Waals surface area contributed by atoms with E-state index in [0.717, 1.165) is 18.6 Å². The molecule has 2 saturated heterocycles. The van der Waals surface area contributed by atoms with E-state index in [9.17, 15) is 14.4 Å². The fourth-order valence-electron chi connectivity index (χ4n) is 4.17. The van der Waals surface area contributed by atoms with E-state index in [1.165, 1.54) is 0 Å². The molecule has 0 radical (unpaired) electrons. The lowest BCUT2D eigenvalue weighted by molar-refractivity contribution is -0.142. The van der Waals surface area contributed by atoms with Crippen molar-refractivity contribution < 1.29 is 19.1 Å². The fraction of sp³-hybridized carbons (Fsp3) is 0.542. The summed E-state index contributed by atoms with van der Waals surface area (Å²) in [5.41, 5.74) is 0. The van der Waals surface area contributed by atoms with Gasteiger partial charge in [-0.25, -0.2) is 0 Å². The van der Waals surface area contributed by atoms with Crippen LogP contribution >= 0.6 is 0 Å². The standard InChI is InChI=1S/C24H34N4O4/c1-2-11-25-22(29)19-26-13-15-27(16-14-26)24(31)20-7-6-12-28(18-20)23(30)10-17-32-21-8-4-3-5-9-21/h2-5,8-9,20H,1,6-7,10-19H2,(H,25,29). The Bertz CT molecular complexity index is 777. The van der Waals surface area contributed by atoms with Gasteiger partial charge in [0, 0.05) is 45.8 Å². The maximum absolute atomic E-state index is 13.0. The molecule has 0 aliphatic carbocycles. The quantitative estimate of drug-likeness (QED) is 0.580. The topological polar surface area (TPSA) is 82.2 Å². The number of piperazine rings is 1. The Hall–Kier alpha value is -2.87. The second-order valence-corrected chi connectivity index (χ2v) is 8.28. The second kappa shape index (κ2) is 12.2. The van der Waals surface area contributed by atoms with Gasteiger partial charge in [-0.1, -0.05) is 24.3 Å². The van der Waals surface area contributed by atoms with Gasteiger partial charge in [0.05, 0.1) is 25.5 Å². The molecule has 32 heavy (non-hydrogen) atoms. The Kier molecular flexibility index (Phi) is 9.10. The Morgan fingerprint density at radius 3 is 2.53 bits per heavy atom. The number of carbonyl (C=O) groups is 3. The lowest BCUT2D eigenvalue weighted by atomic mass is 9.96. The molecule has 1 aromatic rings. The highest BCUT2D eigenvalue weighted by Crippen LogP contribution is 2.20. The van der Waals surface area contributed by atoms with Crippen molar-refractivity contribution in [2.24, 2.45) is 5.92 Å². The number of hydrogen-bond acceptors (Lipinski definition) is 5. The zero-order valence-corrected chi connectivity index (χ0v) is 18.7. The van der Waals surface area contributed by atoms with E-state index in [4.69, 9.17) is 4.74 Å². The number of hydrogen-bond donors (Lipinski definition) is 1. The summed E-state index contributed by atoms with van der Waals surface area (Å²) < 4.78 is 5.64. The molecule has 0 saturated carbocycles. The maximum atomic E-state index is 13.0. The summed E-state index contributed by atoms with van der Waals surface area (Å²) in [6.07, 6.45) is 3.61. The van der Waals surface area contributed by atoms with Crippen molar-refractivity contribution in [2.45, 2.75) is 19.3 Å². The molecule has 1 aromatic carbocycles. The Morgan fingerprint density at radius 2 is 1.81 bits per heavy atom. The predicted octanol–water partition coefficient (Wildman–Crippen LogP) is 1.14. The third-order valence-corrected chi connectivity index (χ3v) is 5.95. The molecule has 0 spiro atoms. The lowest BCUT2D eigenvalue weighted by Gasteiger charge is -2.38. The molecule has 8 heteroatoms. The molecule has 2 heterocycles. The average Bonchev–Trinajstić information content (AvgIpc) is 2.83. The van der Waals surface area contributed by atoms with Crippen LogP contribution in [0.2, 0.25) is 0 Å². The van der Waals surface area contributed by atoms with Crippen molar-refractivity contribution in [1.82, 2.24) is 20.0 Å². The Balaban J connectivity index is 1.39. The number of para-hydroxylation sites is 1. The molecule has 2 fully saturated rings. The van der Waals surface area contributed by atoms with Gasteiger partial charge in [-0.2, -0.15) is 0 Å².